The maximum absolute atomic E-state index is 10.1. The standard InChI is InChI=1S/C11H16ClN5O/c1-3-4-11(2,18)6-13-9-5-8(12)16-10-14-7-15-17(9)10/h5,7,13,18H,3-4,6H2,1-2H3. The van der Waals surface area contributed by atoms with Crippen molar-refractivity contribution in [2.75, 3.05) is 11.9 Å². The van der Waals surface area contributed by atoms with Crippen LogP contribution in [0, 0.1) is 0 Å². The van der Waals surface area contributed by atoms with E-state index in [1.165, 1.54) is 6.33 Å². The Hall–Kier alpha value is -1.40. The number of rotatable bonds is 5. The van der Waals surface area contributed by atoms with Crippen molar-refractivity contribution >= 4 is 23.2 Å². The van der Waals surface area contributed by atoms with Crippen molar-refractivity contribution in [3.8, 4) is 0 Å². The minimum Gasteiger partial charge on any atom is -0.388 e. The van der Waals surface area contributed by atoms with Gasteiger partial charge in [0.05, 0.1) is 5.60 Å². The van der Waals surface area contributed by atoms with E-state index < -0.39 is 5.60 Å². The van der Waals surface area contributed by atoms with Crippen molar-refractivity contribution in [1.82, 2.24) is 19.6 Å². The van der Waals surface area contributed by atoms with Crippen LogP contribution in [0.15, 0.2) is 12.4 Å². The summed E-state index contributed by atoms with van der Waals surface area (Å²) in [4.78, 5) is 8.00. The highest BCUT2D eigenvalue weighted by molar-refractivity contribution is 6.29. The molecule has 7 heteroatoms. The van der Waals surface area contributed by atoms with Gasteiger partial charge in [-0.1, -0.05) is 24.9 Å². The van der Waals surface area contributed by atoms with Crippen LogP contribution in [-0.4, -0.2) is 36.8 Å². The van der Waals surface area contributed by atoms with E-state index >= 15 is 0 Å². The van der Waals surface area contributed by atoms with Crippen molar-refractivity contribution in [1.29, 1.82) is 0 Å². The van der Waals surface area contributed by atoms with Crippen molar-refractivity contribution < 1.29 is 5.11 Å². The Morgan fingerprint density at radius 1 is 1.56 bits per heavy atom. The molecule has 98 valence electrons. The molecule has 1 unspecified atom stereocenters. The second-order valence-corrected chi connectivity index (χ2v) is 4.92. The van der Waals surface area contributed by atoms with Crippen LogP contribution in [0.2, 0.25) is 5.15 Å². The van der Waals surface area contributed by atoms with Crippen LogP contribution < -0.4 is 5.32 Å². The molecular formula is C11H16ClN5O. The molecule has 18 heavy (non-hydrogen) atoms. The van der Waals surface area contributed by atoms with Crippen LogP contribution in [0.5, 0.6) is 0 Å². The Labute approximate surface area is 110 Å². The number of nitrogens with zero attached hydrogens (tertiary/aromatic N) is 4. The van der Waals surface area contributed by atoms with Crippen molar-refractivity contribution in [3.05, 3.63) is 17.5 Å². The van der Waals surface area contributed by atoms with Crippen LogP contribution in [0.1, 0.15) is 26.7 Å². The SMILES string of the molecule is CCCC(C)(O)CNc1cc(Cl)nc2ncnn12. The first-order valence-corrected chi connectivity index (χ1v) is 6.22. The zero-order valence-electron chi connectivity index (χ0n) is 10.4. The van der Waals surface area contributed by atoms with Crippen molar-refractivity contribution in [3.63, 3.8) is 0 Å². The lowest BCUT2D eigenvalue weighted by Gasteiger charge is -2.23. The molecule has 0 aliphatic carbocycles. The number of fused-ring (bicyclic) bond motifs is 1. The normalized spacial score (nSPS) is 14.7. The average Bonchev–Trinajstić information content (AvgIpc) is 2.73. The molecule has 2 heterocycles. The third kappa shape index (κ3) is 2.88. The first kappa shape index (κ1) is 13.0. The van der Waals surface area contributed by atoms with E-state index in [0.29, 0.717) is 23.3 Å². The summed E-state index contributed by atoms with van der Waals surface area (Å²) in [6, 6.07) is 1.66. The van der Waals surface area contributed by atoms with Gasteiger partial charge in [-0.2, -0.15) is 19.6 Å². The summed E-state index contributed by atoms with van der Waals surface area (Å²) in [6.07, 6.45) is 3.05. The molecule has 0 radical (unpaired) electrons. The number of hydrogen-bond acceptors (Lipinski definition) is 5. The Morgan fingerprint density at radius 2 is 2.33 bits per heavy atom. The molecule has 0 amide bonds. The number of aliphatic hydroxyl groups is 1. The monoisotopic (exact) mass is 269 g/mol. The lowest BCUT2D eigenvalue weighted by Crippen LogP contribution is -2.33. The minimum absolute atomic E-state index is 0.341. The van der Waals surface area contributed by atoms with Gasteiger partial charge >= 0.3 is 0 Å². The fraction of sp³-hybridized carbons (Fsp3) is 0.545. The van der Waals surface area contributed by atoms with Gasteiger partial charge in [-0.3, -0.25) is 0 Å². The number of hydrogen-bond donors (Lipinski definition) is 2. The van der Waals surface area contributed by atoms with E-state index in [2.05, 4.69) is 20.4 Å². The van der Waals surface area contributed by atoms with Gasteiger partial charge in [0, 0.05) is 12.6 Å². The molecule has 6 nitrogen and oxygen atoms in total. The molecule has 2 aromatic heterocycles. The highest BCUT2D eigenvalue weighted by Crippen LogP contribution is 2.17. The molecule has 0 spiro atoms. The largest absolute Gasteiger partial charge is 0.388 e. The fourth-order valence-corrected chi connectivity index (χ4v) is 2.00. The molecular weight excluding hydrogens is 254 g/mol. The van der Waals surface area contributed by atoms with E-state index in [4.69, 9.17) is 11.6 Å². The quantitative estimate of drug-likeness (QED) is 0.809. The summed E-state index contributed by atoms with van der Waals surface area (Å²) in [5, 5.41) is 17.6. The lowest BCUT2D eigenvalue weighted by molar-refractivity contribution is 0.0635. The van der Waals surface area contributed by atoms with E-state index in [9.17, 15) is 5.11 Å². The molecule has 0 bridgehead atoms. The van der Waals surface area contributed by atoms with Gasteiger partial charge in [0.1, 0.15) is 17.3 Å². The summed E-state index contributed by atoms with van der Waals surface area (Å²) in [5.74, 6) is 1.10. The van der Waals surface area contributed by atoms with Gasteiger partial charge in [0.2, 0.25) is 0 Å². The van der Waals surface area contributed by atoms with Crippen molar-refractivity contribution in [2.45, 2.75) is 32.3 Å². The van der Waals surface area contributed by atoms with Gasteiger partial charge < -0.3 is 10.4 Å². The van der Waals surface area contributed by atoms with Crippen LogP contribution >= 0.6 is 11.6 Å². The van der Waals surface area contributed by atoms with Crippen molar-refractivity contribution in [2.24, 2.45) is 0 Å². The fourth-order valence-electron chi connectivity index (χ4n) is 1.82. The summed E-state index contributed by atoms with van der Waals surface area (Å²) >= 11 is 5.90. The van der Waals surface area contributed by atoms with E-state index in [0.717, 1.165) is 12.8 Å². The Kier molecular flexibility index (Phi) is 3.68. The smallest absolute Gasteiger partial charge is 0.255 e. The van der Waals surface area contributed by atoms with Crippen LogP contribution in [0.3, 0.4) is 0 Å². The lowest BCUT2D eigenvalue weighted by atomic mass is 10.0. The average molecular weight is 270 g/mol. The topological polar surface area (TPSA) is 75.3 Å². The molecule has 0 aromatic carbocycles. The second-order valence-electron chi connectivity index (χ2n) is 4.54. The zero-order valence-corrected chi connectivity index (χ0v) is 11.1. The molecule has 0 saturated carbocycles. The Balaban J connectivity index is 2.19. The van der Waals surface area contributed by atoms with E-state index in [1.54, 1.807) is 17.5 Å². The van der Waals surface area contributed by atoms with Gasteiger partial charge in [0.25, 0.3) is 5.78 Å². The molecule has 0 aliphatic heterocycles. The summed E-state index contributed by atoms with van der Waals surface area (Å²) in [6.45, 7) is 4.24. The first-order chi connectivity index (χ1) is 8.52. The molecule has 2 aromatic rings. The van der Waals surface area contributed by atoms with Crippen LogP contribution in [-0.2, 0) is 0 Å². The highest BCUT2D eigenvalue weighted by atomic mass is 35.5. The molecule has 0 saturated heterocycles. The number of halogens is 1. The minimum atomic E-state index is -0.766. The summed E-state index contributed by atoms with van der Waals surface area (Å²) in [5.41, 5.74) is -0.766. The highest BCUT2D eigenvalue weighted by Gasteiger charge is 2.19. The Bertz CT molecular complexity index is 539. The molecule has 1 atom stereocenters. The third-order valence-electron chi connectivity index (χ3n) is 2.66. The van der Waals surface area contributed by atoms with Gasteiger partial charge in [-0.15, -0.1) is 0 Å². The Morgan fingerprint density at radius 3 is 3.06 bits per heavy atom. The summed E-state index contributed by atoms with van der Waals surface area (Å²) in [7, 11) is 0. The zero-order chi connectivity index (χ0) is 13.2. The second kappa shape index (κ2) is 5.07. The molecule has 2 N–H and O–H groups in total. The van der Waals surface area contributed by atoms with E-state index in [1.807, 2.05) is 6.92 Å². The molecule has 0 aliphatic rings. The number of anilines is 1. The maximum Gasteiger partial charge on any atom is 0.255 e. The number of nitrogens with one attached hydrogen (secondary N) is 1. The third-order valence-corrected chi connectivity index (χ3v) is 2.85. The molecule has 2 rings (SSSR count). The first-order valence-electron chi connectivity index (χ1n) is 5.84. The van der Waals surface area contributed by atoms with Gasteiger partial charge in [0.15, 0.2) is 0 Å². The van der Waals surface area contributed by atoms with Crippen LogP contribution in [0.4, 0.5) is 5.82 Å². The van der Waals surface area contributed by atoms with Crippen LogP contribution in [0.25, 0.3) is 5.78 Å². The molecule has 0 fully saturated rings. The maximum atomic E-state index is 10.1. The number of aromatic nitrogens is 4. The summed E-state index contributed by atoms with van der Waals surface area (Å²) < 4.78 is 1.55. The van der Waals surface area contributed by atoms with E-state index in [-0.39, 0.29) is 0 Å². The van der Waals surface area contributed by atoms with Gasteiger partial charge in [-0.25, -0.2) is 0 Å². The predicted octanol–water partition coefficient (Wildman–Crippen LogP) is 1.74. The van der Waals surface area contributed by atoms with Gasteiger partial charge in [-0.05, 0) is 13.3 Å². The predicted molar refractivity (Wildman–Crippen MR) is 69.8 cm³/mol.